The van der Waals surface area contributed by atoms with Crippen molar-refractivity contribution in [1.82, 2.24) is 4.57 Å². The summed E-state index contributed by atoms with van der Waals surface area (Å²) in [4.78, 5) is 2.33. The van der Waals surface area contributed by atoms with E-state index < -0.39 is 0 Å². The molecule has 0 radical (unpaired) electrons. The monoisotopic (exact) mass is 742 g/mol. The van der Waals surface area contributed by atoms with E-state index in [0.29, 0.717) is 0 Å². The number of fused-ring (bicyclic) bond motifs is 9. The molecule has 0 saturated carbocycles. The Morgan fingerprint density at radius 3 is 1.76 bits per heavy atom. The van der Waals surface area contributed by atoms with Gasteiger partial charge >= 0.3 is 0 Å². The molecule has 58 heavy (non-hydrogen) atoms. The Bertz CT molecular complexity index is 3490. The summed E-state index contributed by atoms with van der Waals surface area (Å²) in [6.45, 7) is 0. The number of anilines is 3. The lowest BCUT2D eigenvalue weighted by molar-refractivity contribution is 0.645. The number of benzene rings is 9. The average Bonchev–Trinajstić information content (AvgIpc) is 3.95. The zero-order valence-corrected chi connectivity index (χ0v) is 31.3. The van der Waals surface area contributed by atoms with Gasteiger partial charge in [-0.15, -0.1) is 0 Å². The maximum Gasteiger partial charge on any atom is 0.213 e. The molecule has 272 valence electrons. The van der Waals surface area contributed by atoms with Crippen molar-refractivity contribution in [2.75, 3.05) is 4.90 Å². The normalized spacial score (nSPS) is 11.8. The molecular formula is C54H34N2O2. The van der Waals surface area contributed by atoms with Crippen LogP contribution in [0.2, 0.25) is 0 Å². The Morgan fingerprint density at radius 1 is 0.362 bits per heavy atom. The fourth-order valence-electron chi connectivity index (χ4n) is 8.87. The van der Waals surface area contributed by atoms with Crippen LogP contribution in [-0.2, 0) is 0 Å². The number of nitrogens with zero attached hydrogens (tertiary/aromatic N) is 2. The third kappa shape index (κ3) is 5.09. The van der Waals surface area contributed by atoms with Gasteiger partial charge in [-0.25, -0.2) is 0 Å². The standard InChI is InChI=1S/C54H34N2O2/c1-2-13-39(14-3-1)56-49-33-38(25-31-46(49)53-47-17-7-9-20-51(47)58-54(53)56)35-21-26-40(27-22-35)55(42-30-32-52-48(34-42)45-16-6-8-19-50(45)57-52)41-28-23-37(24-29-41)44-18-10-12-36-11-4-5-15-43(36)44/h1-34H. The lowest BCUT2D eigenvalue weighted by Gasteiger charge is -2.26. The molecule has 0 aliphatic rings. The largest absolute Gasteiger partial charge is 0.456 e. The van der Waals surface area contributed by atoms with E-state index in [4.69, 9.17) is 8.83 Å². The highest BCUT2D eigenvalue weighted by atomic mass is 16.3. The van der Waals surface area contributed by atoms with Gasteiger partial charge in [-0.2, -0.15) is 0 Å². The highest BCUT2D eigenvalue weighted by Gasteiger charge is 2.21. The van der Waals surface area contributed by atoms with Gasteiger partial charge in [0, 0.05) is 44.3 Å². The van der Waals surface area contributed by atoms with Gasteiger partial charge in [-0.1, -0.05) is 133 Å². The van der Waals surface area contributed by atoms with Gasteiger partial charge in [0.2, 0.25) is 5.71 Å². The molecule has 4 heteroatoms. The van der Waals surface area contributed by atoms with Crippen molar-refractivity contribution in [1.29, 1.82) is 0 Å². The second kappa shape index (κ2) is 12.9. The second-order valence-electron chi connectivity index (χ2n) is 14.9. The van der Waals surface area contributed by atoms with Crippen LogP contribution in [0.3, 0.4) is 0 Å². The Kier molecular flexibility index (Phi) is 7.20. The second-order valence-corrected chi connectivity index (χ2v) is 14.9. The fourth-order valence-corrected chi connectivity index (χ4v) is 8.87. The SMILES string of the molecule is c1ccc(-n2c3cc(-c4ccc(N(c5ccc(-c6cccc7ccccc67)cc5)c5ccc6oc7ccccc7c6c5)cc4)ccc3c3c4ccccc4oc32)cc1. The maximum absolute atomic E-state index is 6.54. The lowest BCUT2D eigenvalue weighted by atomic mass is 9.98. The highest BCUT2D eigenvalue weighted by molar-refractivity contribution is 6.20. The molecule has 12 aromatic rings. The number of rotatable bonds is 6. The molecule has 9 aromatic carbocycles. The van der Waals surface area contributed by atoms with Crippen LogP contribution in [0.4, 0.5) is 17.1 Å². The van der Waals surface area contributed by atoms with Crippen LogP contribution in [-0.4, -0.2) is 4.57 Å². The van der Waals surface area contributed by atoms with E-state index in [0.717, 1.165) is 83.4 Å². The molecule has 0 N–H and O–H groups in total. The Balaban J connectivity index is 0.981. The number of para-hydroxylation sites is 3. The van der Waals surface area contributed by atoms with E-state index in [1.165, 1.54) is 27.3 Å². The summed E-state index contributed by atoms with van der Waals surface area (Å²) in [5.74, 6) is 0. The Morgan fingerprint density at radius 2 is 0.966 bits per heavy atom. The molecule has 0 amide bonds. The van der Waals surface area contributed by atoms with Gasteiger partial charge in [0.05, 0.1) is 10.9 Å². The first-order valence-electron chi connectivity index (χ1n) is 19.7. The zero-order valence-electron chi connectivity index (χ0n) is 31.3. The predicted octanol–water partition coefficient (Wildman–Crippen LogP) is 15.4. The number of hydrogen-bond donors (Lipinski definition) is 0. The molecule has 4 nitrogen and oxygen atoms in total. The molecule has 12 rings (SSSR count). The smallest absolute Gasteiger partial charge is 0.213 e. The molecule has 0 saturated heterocycles. The first-order valence-corrected chi connectivity index (χ1v) is 19.7. The van der Waals surface area contributed by atoms with E-state index in [-0.39, 0.29) is 0 Å². The molecule has 0 bridgehead atoms. The van der Waals surface area contributed by atoms with Gasteiger partial charge in [-0.05, 0) is 106 Å². The number of hydrogen-bond acceptors (Lipinski definition) is 3. The van der Waals surface area contributed by atoms with E-state index in [1.807, 2.05) is 24.3 Å². The van der Waals surface area contributed by atoms with Gasteiger partial charge < -0.3 is 13.7 Å². The summed E-state index contributed by atoms with van der Waals surface area (Å²) >= 11 is 0. The molecule has 0 atom stereocenters. The minimum absolute atomic E-state index is 0.861. The van der Waals surface area contributed by atoms with E-state index >= 15 is 0 Å². The minimum atomic E-state index is 0.861. The van der Waals surface area contributed by atoms with Crippen molar-refractivity contribution >= 4 is 82.7 Å². The van der Waals surface area contributed by atoms with Gasteiger partial charge in [0.25, 0.3) is 0 Å². The van der Waals surface area contributed by atoms with Crippen molar-refractivity contribution in [3.63, 3.8) is 0 Å². The van der Waals surface area contributed by atoms with Crippen LogP contribution >= 0.6 is 0 Å². The molecule has 3 aromatic heterocycles. The van der Waals surface area contributed by atoms with Crippen molar-refractivity contribution in [3.8, 4) is 27.9 Å². The Hall–Kier alpha value is -7.82. The van der Waals surface area contributed by atoms with Crippen molar-refractivity contribution in [3.05, 3.63) is 206 Å². The summed E-state index contributed by atoms with van der Waals surface area (Å²) in [7, 11) is 0. The first-order chi connectivity index (χ1) is 28.7. The Labute approximate surface area is 334 Å². The van der Waals surface area contributed by atoms with Gasteiger partial charge in [0.15, 0.2) is 0 Å². The first kappa shape index (κ1) is 32.4. The average molecular weight is 743 g/mol. The van der Waals surface area contributed by atoms with Crippen molar-refractivity contribution < 1.29 is 8.83 Å². The summed E-state index contributed by atoms with van der Waals surface area (Å²) in [6.07, 6.45) is 0. The summed E-state index contributed by atoms with van der Waals surface area (Å²) in [6, 6.07) is 73.3. The van der Waals surface area contributed by atoms with Crippen molar-refractivity contribution in [2.24, 2.45) is 0 Å². The molecular weight excluding hydrogens is 709 g/mol. The predicted molar refractivity (Wildman–Crippen MR) is 241 cm³/mol. The van der Waals surface area contributed by atoms with Gasteiger partial charge in [0.1, 0.15) is 16.7 Å². The minimum Gasteiger partial charge on any atom is -0.456 e. The van der Waals surface area contributed by atoms with Crippen LogP contribution in [0.15, 0.2) is 215 Å². The fraction of sp³-hybridized carbons (Fsp3) is 0. The lowest BCUT2D eigenvalue weighted by Crippen LogP contribution is -2.09. The molecule has 0 aliphatic heterocycles. The maximum atomic E-state index is 6.54. The summed E-state index contributed by atoms with van der Waals surface area (Å²) < 4.78 is 15.0. The third-order valence-corrected chi connectivity index (χ3v) is 11.6. The highest BCUT2D eigenvalue weighted by Crippen LogP contribution is 2.43. The quantitative estimate of drug-likeness (QED) is 0.170. The van der Waals surface area contributed by atoms with Crippen LogP contribution in [0.25, 0.3) is 93.6 Å². The molecule has 3 heterocycles. The molecule has 0 unspecified atom stereocenters. The van der Waals surface area contributed by atoms with E-state index in [9.17, 15) is 0 Å². The van der Waals surface area contributed by atoms with E-state index in [1.54, 1.807) is 0 Å². The number of aromatic nitrogens is 1. The van der Waals surface area contributed by atoms with Crippen LogP contribution in [0, 0.1) is 0 Å². The van der Waals surface area contributed by atoms with Gasteiger partial charge in [-0.3, -0.25) is 4.57 Å². The van der Waals surface area contributed by atoms with Crippen LogP contribution in [0.1, 0.15) is 0 Å². The topological polar surface area (TPSA) is 34.5 Å². The van der Waals surface area contributed by atoms with Crippen LogP contribution in [0.5, 0.6) is 0 Å². The molecule has 0 spiro atoms. The zero-order chi connectivity index (χ0) is 38.2. The third-order valence-electron chi connectivity index (χ3n) is 11.6. The number of furan rings is 2. The molecule has 0 aliphatic carbocycles. The van der Waals surface area contributed by atoms with Crippen LogP contribution < -0.4 is 4.90 Å². The van der Waals surface area contributed by atoms with E-state index in [2.05, 4.69) is 191 Å². The summed E-state index contributed by atoms with van der Waals surface area (Å²) in [5.41, 5.74) is 13.6. The van der Waals surface area contributed by atoms with Crippen molar-refractivity contribution in [2.45, 2.75) is 0 Å². The summed E-state index contributed by atoms with van der Waals surface area (Å²) in [5, 5.41) is 8.12. The molecule has 0 fully saturated rings.